The van der Waals surface area contributed by atoms with Gasteiger partial charge in [0.1, 0.15) is 12.6 Å². The zero-order valence-electron chi connectivity index (χ0n) is 19.1. The Labute approximate surface area is 217 Å². The van der Waals surface area contributed by atoms with Gasteiger partial charge in [0.2, 0.25) is 5.91 Å². The number of ether oxygens (including phenoxy) is 1. The highest BCUT2D eigenvalue weighted by molar-refractivity contribution is 14.1. The number of rotatable bonds is 8. The molecule has 0 spiro atoms. The Morgan fingerprint density at radius 2 is 1.63 bits per heavy atom. The quantitative estimate of drug-likeness (QED) is 0.312. The summed E-state index contributed by atoms with van der Waals surface area (Å²) in [5.41, 5.74) is 5.85. The fourth-order valence-corrected chi connectivity index (χ4v) is 4.95. The molecule has 35 heavy (non-hydrogen) atoms. The Hall–Kier alpha value is -3.40. The van der Waals surface area contributed by atoms with E-state index in [4.69, 9.17) is 9.84 Å². The van der Waals surface area contributed by atoms with Gasteiger partial charge in [-0.2, -0.15) is 0 Å². The fourth-order valence-electron chi connectivity index (χ4n) is 4.31. The van der Waals surface area contributed by atoms with Crippen molar-refractivity contribution in [2.24, 2.45) is 0 Å². The van der Waals surface area contributed by atoms with Crippen molar-refractivity contribution in [3.63, 3.8) is 0 Å². The first-order chi connectivity index (χ1) is 16.8. The first-order valence-electron chi connectivity index (χ1n) is 11.2. The van der Waals surface area contributed by atoms with Gasteiger partial charge in [0.15, 0.2) is 0 Å². The summed E-state index contributed by atoms with van der Waals surface area (Å²) in [4.78, 5) is 36.7. The molecule has 180 valence electrons. The van der Waals surface area contributed by atoms with E-state index in [0.29, 0.717) is 5.69 Å². The van der Waals surface area contributed by atoms with Gasteiger partial charge in [-0.3, -0.25) is 9.59 Å². The molecule has 0 aliphatic heterocycles. The van der Waals surface area contributed by atoms with E-state index in [9.17, 15) is 14.4 Å². The van der Waals surface area contributed by atoms with Gasteiger partial charge in [-0.05, 0) is 82.0 Å². The maximum Gasteiger partial charge on any atom is 0.407 e. The van der Waals surface area contributed by atoms with Gasteiger partial charge in [0, 0.05) is 21.6 Å². The average Bonchev–Trinajstić information content (AvgIpc) is 3.15. The first kappa shape index (κ1) is 24.7. The number of hydrogen-bond acceptors (Lipinski definition) is 4. The summed E-state index contributed by atoms with van der Waals surface area (Å²) in [6.07, 6.45) is -1.10. The van der Waals surface area contributed by atoms with Gasteiger partial charge in [0.25, 0.3) is 0 Å². The monoisotopic (exact) mass is 584 g/mol. The molecule has 0 fully saturated rings. The SMILES string of the molecule is Cc1cc(I)ccc1NC(=O)C(CCC(=O)O)NC(=O)OCC1c2ccccc2-c2ccccc21. The van der Waals surface area contributed by atoms with Gasteiger partial charge in [0.05, 0.1) is 0 Å². The van der Waals surface area contributed by atoms with Crippen LogP contribution in [0.5, 0.6) is 0 Å². The van der Waals surface area contributed by atoms with Crippen LogP contribution in [0, 0.1) is 10.5 Å². The summed E-state index contributed by atoms with van der Waals surface area (Å²) < 4.78 is 6.56. The predicted octanol–water partition coefficient (Wildman–Crippen LogP) is 5.31. The molecule has 0 saturated carbocycles. The number of aliphatic carboxylic acids is 1. The average molecular weight is 584 g/mol. The number of fused-ring (bicyclic) bond motifs is 3. The van der Waals surface area contributed by atoms with Crippen molar-refractivity contribution in [1.29, 1.82) is 0 Å². The maximum atomic E-state index is 12.9. The van der Waals surface area contributed by atoms with Crippen molar-refractivity contribution in [1.82, 2.24) is 5.32 Å². The van der Waals surface area contributed by atoms with Crippen LogP contribution in [0.2, 0.25) is 0 Å². The van der Waals surface area contributed by atoms with E-state index in [1.54, 1.807) is 6.07 Å². The third-order valence-electron chi connectivity index (χ3n) is 6.05. The summed E-state index contributed by atoms with van der Waals surface area (Å²) in [5.74, 6) is -1.67. The highest BCUT2D eigenvalue weighted by atomic mass is 127. The van der Waals surface area contributed by atoms with Crippen molar-refractivity contribution < 1.29 is 24.2 Å². The number of aryl methyl sites for hydroxylation is 1. The number of anilines is 1. The van der Waals surface area contributed by atoms with E-state index < -0.39 is 24.0 Å². The van der Waals surface area contributed by atoms with E-state index in [-0.39, 0.29) is 25.4 Å². The lowest BCUT2D eigenvalue weighted by atomic mass is 9.98. The standard InChI is InChI=1S/C27H25IN2O5/c1-16-14-17(28)10-11-23(16)29-26(33)24(12-13-25(31)32)30-27(34)35-15-22-20-8-4-2-6-18(20)19-7-3-5-9-21(19)22/h2-11,14,22,24H,12-13,15H2,1H3,(H,29,33)(H,30,34)(H,31,32). The number of amides is 2. The van der Waals surface area contributed by atoms with Crippen molar-refractivity contribution in [2.45, 2.75) is 31.7 Å². The number of hydrogen-bond donors (Lipinski definition) is 3. The normalized spacial score (nSPS) is 12.9. The molecular weight excluding hydrogens is 559 g/mol. The lowest BCUT2D eigenvalue weighted by molar-refractivity contribution is -0.137. The molecule has 0 bridgehead atoms. The minimum absolute atomic E-state index is 0.0607. The highest BCUT2D eigenvalue weighted by Gasteiger charge is 2.30. The van der Waals surface area contributed by atoms with E-state index >= 15 is 0 Å². The van der Waals surface area contributed by atoms with E-state index in [2.05, 4.69) is 33.2 Å². The third kappa shape index (κ3) is 5.82. The molecule has 0 aromatic heterocycles. The molecule has 1 aliphatic rings. The molecule has 3 N–H and O–H groups in total. The van der Waals surface area contributed by atoms with E-state index in [1.807, 2.05) is 67.6 Å². The summed E-state index contributed by atoms with van der Waals surface area (Å²) >= 11 is 2.18. The summed E-state index contributed by atoms with van der Waals surface area (Å²) in [6.45, 7) is 1.96. The van der Waals surface area contributed by atoms with E-state index in [0.717, 1.165) is 31.4 Å². The molecule has 7 nitrogen and oxygen atoms in total. The van der Waals surface area contributed by atoms with Crippen LogP contribution >= 0.6 is 22.6 Å². The third-order valence-corrected chi connectivity index (χ3v) is 6.72. The van der Waals surface area contributed by atoms with Crippen LogP contribution in [0.3, 0.4) is 0 Å². The highest BCUT2D eigenvalue weighted by Crippen LogP contribution is 2.44. The number of carboxylic acid groups (broad SMARTS) is 1. The molecule has 0 saturated heterocycles. The molecule has 3 aromatic carbocycles. The summed E-state index contributed by atoms with van der Waals surface area (Å²) in [5, 5.41) is 14.4. The Bertz CT molecular complexity index is 1230. The Morgan fingerprint density at radius 1 is 1.00 bits per heavy atom. The zero-order valence-corrected chi connectivity index (χ0v) is 21.2. The minimum atomic E-state index is -1.06. The summed E-state index contributed by atoms with van der Waals surface area (Å²) in [6, 6.07) is 20.5. The van der Waals surface area contributed by atoms with Crippen molar-refractivity contribution >= 4 is 46.2 Å². The van der Waals surface area contributed by atoms with Crippen LogP contribution in [0.1, 0.15) is 35.4 Å². The minimum Gasteiger partial charge on any atom is -0.481 e. The first-order valence-corrected chi connectivity index (χ1v) is 12.3. The number of alkyl carbamates (subject to hydrolysis) is 1. The molecule has 4 rings (SSSR count). The van der Waals surface area contributed by atoms with Gasteiger partial charge < -0.3 is 20.5 Å². The van der Waals surface area contributed by atoms with Crippen LogP contribution in [-0.2, 0) is 14.3 Å². The smallest absolute Gasteiger partial charge is 0.407 e. The second kappa shape index (κ2) is 10.9. The number of halogens is 1. The largest absolute Gasteiger partial charge is 0.481 e. The second-order valence-corrected chi connectivity index (χ2v) is 9.65. The second-order valence-electron chi connectivity index (χ2n) is 8.40. The molecule has 0 radical (unpaired) electrons. The lowest BCUT2D eigenvalue weighted by Gasteiger charge is -2.20. The maximum absolute atomic E-state index is 12.9. The Kier molecular flexibility index (Phi) is 7.70. The molecule has 1 atom stereocenters. The van der Waals surface area contributed by atoms with E-state index in [1.165, 1.54) is 0 Å². The van der Waals surface area contributed by atoms with Crippen molar-refractivity contribution in [3.05, 3.63) is 87.0 Å². The van der Waals surface area contributed by atoms with Crippen LogP contribution in [0.15, 0.2) is 66.7 Å². The topological polar surface area (TPSA) is 105 Å². The molecule has 1 unspecified atom stereocenters. The van der Waals surface area contributed by atoms with Gasteiger partial charge in [-0.25, -0.2) is 4.79 Å². The Balaban J connectivity index is 1.43. The lowest BCUT2D eigenvalue weighted by Crippen LogP contribution is -2.44. The number of carboxylic acids is 1. The molecule has 3 aromatic rings. The number of carbonyl (C=O) groups is 3. The molecular formula is C27H25IN2O5. The summed E-state index contributed by atoms with van der Waals surface area (Å²) in [7, 11) is 0. The molecule has 1 aliphatic carbocycles. The van der Waals surface area contributed by atoms with Crippen LogP contribution in [-0.4, -0.2) is 35.7 Å². The van der Waals surface area contributed by atoms with Crippen molar-refractivity contribution in [2.75, 3.05) is 11.9 Å². The number of carbonyl (C=O) groups excluding carboxylic acids is 2. The van der Waals surface area contributed by atoms with Crippen LogP contribution < -0.4 is 10.6 Å². The number of nitrogens with one attached hydrogen (secondary N) is 2. The van der Waals surface area contributed by atoms with Crippen LogP contribution in [0.4, 0.5) is 10.5 Å². The van der Waals surface area contributed by atoms with Crippen molar-refractivity contribution in [3.8, 4) is 11.1 Å². The molecule has 0 heterocycles. The van der Waals surface area contributed by atoms with Crippen LogP contribution in [0.25, 0.3) is 11.1 Å². The fraction of sp³-hybridized carbons (Fsp3) is 0.222. The Morgan fingerprint density at radius 3 is 2.23 bits per heavy atom. The van der Waals surface area contributed by atoms with Gasteiger partial charge >= 0.3 is 12.1 Å². The molecule has 8 heteroatoms. The molecule has 2 amide bonds. The van der Waals surface area contributed by atoms with Gasteiger partial charge in [-0.15, -0.1) is 0 Å². The number of benzene rings is 3. The van der Waals surface area contributed by atoms with Gasteiger partial charge in [-0.1, -0.05) is 48.5 Å². The predicted molar refractivity (Wildman–Crippen MR) is 141 cm³/mol. The zero-order chi connectivity index (χ0) is 24.9.